The van der Waals surface area contributed by atoms with Crippen LogP contribution < -0.4 is 15.3 Å². The topological polar surface area (TPSA) is 127 Å². The summed E-state index contributed by atoms with van der Waals surface area (Å²) in [5, 5.41) is 10.6. The molecule has 0 unspecified atom stereocenters. The summed E-state index contributed by atoms with van der Waals surface area (Å²) in [7, 11) is 0. The zero-order chi connectivity index (χ0) is 28.3. The van der Waals surface area contributed by atoms with Gasteiger partial charge in [-0.05, 0) is 32.1 Å². The lowest BCUT2D eigenvalue weighted by Gasteiger charge is -2.40. The lowest BCUT2D eigenvalue weighted by Crippen LogP contribution is -2.56. The normalized spacial score (nSPS) is 16.4. The highest BCUT2D eigenvalue weighted by Gasteiger charge is 2.38. The van der Waals surface area contributed by atoms with E-state index in [-0.39, 0.29) is 53.9 Å². The predicted octanol–water partition coefficient (Wildman–Crippen LogP) is 2.43. The van der Waals surface area contributed by atoms with Gasteiger partial charge in [-0.3, -0.25) is 4.79 Å². The maximum atomic E-state index is 16.3. The summed E-state index contributed by atoms with van der Waals surface area (Å²) in [4.78, 5) is 46.6. The number of fused-ring (bicyclic) bond motifs is 2. The van der Waals surface area contributed by atoms with Crippen LogP contribution in [0.2, 0.25) is 0 Å². The van der Waals surface area contributed by atoms with Crippen LogP contribution in [-0.2, 0) is 4.79 Å². The Bertz CT molecular complexity index is 1750. The van der Waals surface area contributed by atoms with Crippen molar-refractivity contribution in [3.05, 3.63) is 70.7 Å². The fraction of sp³-hybridized carbons (Fsp3) is 0.259. The number of carbonyl (C=O) groups is 1. The van der Waals surface area contributed by atoms with Crippen LogP contribution in [0.5, 0.6) is 11.5 Å². The van der Waals surface area contributed by atoms with Crippen molar-refractivity contribution >= 4 is 22.8 Å². The highest BCUT2D eigenvalue weighted by molar-refractivity contribution is 5.97. The van der Waals surface area contributed by atoms with Gasteiger partial charge in [-0.2, -0.15) is 4.98 Å². The number of aromatic hydroxyl groups is 1. The van der Waals surface area contributed by atoms with E-state index >= 15 is 4.39 Å². The van der Waals surface area contributed by atoms with Crippen molar-refractivity contribution in [1.29, 1.82) is 0 Å². The van der Waals surface area contributed by atoms with Crippen LogP contribution >= 0.6 is 0 Å². The van der Waals surface area contributed by atoms with Crippen LogP contribution in [0, 0.1) is 25.5 Å². The number of carbonyl (C=O) groups excluding carboxylic acids is 1. The number of hydrogen-bond acceptors (Lipinski definition) is 9. The van der Waals surface area contributed by atoms with Gasteiger partial charge < -0.3 is 19.6 Å². The minimum Gasteiger partial charge on any atom is -0.507 e. The first kappa shape index (κ1) is 25.3. The molecule has 0 aliphatic carbocycles. The average Bonchev–Trinajstić information content (AvgIpc) is 3.09. The standard InChI is InChI=1S/C27H23F2N7O4/c1-4-18(38)34-8-9-35-15(10-34)11-40-24-20-25(35)33-27(39)36(23-13(2)30-12-31-14(23)3)26(20)32-22(21(24)29)19-16(28)6-5-7-17(19)37/h4-7,12,15,37H,1,8-11H2,2-3H3/t15-/m1/s1. The molecule has 1 amide bonds. The van der Waals surface area contributed by atoms with E-state index in [4.69, 9.17) is 4.74 Å². The maximum absolute atomic E-state index is 16.3. The van der Waals surface area contributed by atoms with Gasteiger partial charge in [0, 0.05) is 19.6 Å². The molecule has 0 radical (unpaired) electrons. The zero-order valence-corrected chi connectivity index (χ0v) is 21.6. The number of rotatable bonds is 3. The van der Waals surface area contributed by atoms with Crippen LogP contribution in [0.4, 0.5) is 14.6 Å². The Hall–Kier alpha value is -4.94. The third-order valence-electron chi connectivity index (χ3n) is 7.21. The van der Waals surface area contributed by atoms with Gasteiger partial charge >= 0.3 is 5.69 Å². The second-order valence-corrected chi connectivity index (χ2v) is 9.53. The summed E-state index contributed by atoms with van der Waals surface area (Å²) in [5.74, 6) is -2.93. The van der Waals surface area contributed by atoms with E-state index < -0.39 is 40.4 Å². The van der Waals surface area contributed by atoms with E-state index in [2.05, 4.69) is 26.5 Å². The summed E-state index contributed by atoms with van der Waals surface area (Å²) >= 11 is 0. The van der Waals surface area contributed by atoms with E-state index in [1.54, 1.807) is 23.6 Å². The number of anilines is 1. The Morgan fingerprint density at radius 2 is 1.93 bits per heavy atom. The molecule has 3 aromatic heterocycles. The molecule has 40 heavy (non-hydrogen) atoms. The minimum absolute atomic E-state index is 0.0727. The fourth-order valence-electron chi connectivity index (χ4n) is 5.33. The molecule has 1 N–H and O–H groups in total. The monoisotopic (exact) mass is 547 g/mol. The fourth-order valence-corrected chi connectivity index (χ4v) is 5.33. The van der Waals surface area contributed by atoms with Crippen LogP contribution in [0.25, 0.3) is 28.0 Å². The number of hydrogen-bond donors (Lipinski definition) is 1. The third kappa shape index (κ3) is 3.76. The number of amides is 1. The van der Waals surface area contributed by atoms with Gasteiger partial charge in [0.15, 0.2) is 17.2 Å². The van der Waals surface area contributed by atoms with Crippen molar-refractivity contribution in [3.8, 4) is 28.4 Å². The molecule has 13 heteroatoms. The molecule has 0 saturated carbocycles. The van der Waals surface area contributed by atoms with Gasteiger partial charge in [-0.15, -0.1) is 0 Å². The van der Waals surface area contributed by atoms with Gasteiger partial charge in [-0.1, -0.05) is 12.6 Å². The number of piperazine rings is 1. The molecule has 1 saturated heterocycles. The first-order valence-corrected chi connectivity index (χ1v) is 12.4. The summed E-state index contributed by atoms with van der Waals surface area (Å²) < 4.78 is 38.4. The molecular formula is C27H23F2N7O4. The molecule has 0 bridgehead atoms. The molecule has 5 heterocycles. The Labute approximate surface area is 226 Å². The third-order valence-corrected chi connectivity index (χ3v) is 7.21. The Balaban J connectivity index is 1.70. The minimum atomic E-state index is -1.03. The van der Waals surface area contributed by atoms with Gasteiger partial charge in [0.2, 0.25) is 5.91 Å². The van der Waals surface area contributed by atoms with Crippen LogP contribution in [0.15, 0.2) is 42.0 Å². The number of ether oxygens (including phenoxy) is 1. The number of aryl methyl sites for hydroxylation is 2. The van der Waals surface area contributed by atoms with E-state index in [0.29, 0.717) is 17.9 Å². The maximum Gasteiger partial charge on any atom is 0.355 e. The lowest BCUT2D eigenvalue weighted by atomic mass is 10.1. The Morgan fingerprint density at radius 1 is 1.18 bits per heavy atom. The quantitative estimate of drug-likeness (QED) is 0.385. The van der Waals surface area contributed by atoms with Crippen molar-refractivity contribution in [3.63, 3.8) is 0 Å². The molecule has 11 nitrogen and oxygen atoms in total. The second-order valence-electron chi connectivity index (χ2n) is 9.53. The molecule has 4 aromatic rings. The molecular weight excluding hydrogens is 524 g/mol. The summed E-state index contributed by atoms with van der Waals surface area (Å²) in [5.41, 5.74) is -0.710. The number of nitrogens with zero attached hydrogens (tertiary/aromatic N) is 7. The van der Waals surface area contributed by atoms with Crippen LogP contribution in [0.3, 0.4) is 0 Å². The molecule has 1 atom stereocenters. The number of pyridine rings is 1. The van der Waals surface area contributed by atoms with Crippen LogP contribution in [0.1, 0.15) is 11.4 Å². The van der Waals surface area contributed by atoms with E-state index in [9.17, 15) is 19.1 Å². The summed E-state index contributed by atoms with van der Waals surface area (Å²) in [6.45, 7) is 7.61. The smallest absolute Gasteiger partial charge is 0.355 e. The van der Waals surface area contributed by atoms with Crippen molar-refractivity contribution < 1.29 is 23.4 Å². The molecule has 6 rings (SSSR count). The number of phenolic OH excluding ortho intramolecular Hbond substituents is 1. The predicted molar refractivity (Wildman–Crippen MR) is 141 cm³/mol. The second kappa shape index (κ2) is 9.36. The Morgan fingerprint density at radius 3 is 2.62 bits per heavy atom. The van der Waals surface area contributed by atoms with Gasteiger partial charge in [0.05, 0.1) is 28.7 Å². The summed E-state index contributed by atoms with van der Waals surface area (Å²) in [6, 6.07) is 3.07. The molecule has 2 aliphatic heterocycles. The van der Waals surface area contributed by atoms with Crippen molar-refractivity contribution in [2.75, 3.05) is 31.1 Å². The van der Waals surface area contributed by atoms with Gasteiger partial charge in [0.25, 0.3) is 0 Å². The van der Waals surface area contributed by atoms with Crippen molar-refractivity contribution in [1.82, 2.24) is 29.4 Å². The van der Waals surface area contributed by atoms with Crippen molar-refractivity contribution in [2.24, 2.45) is 0 Å². The van der Waals surface area contributed by atoms with E-state index in [1.807, 2.05) is 0 Å². The zero-order valence-electron chi connectivity index (χ0n) is 21.6. The van der Waals surface area contributed by atoms with Gasteiger partial charge in [-0.25, -0.2) is 33.1 Å². The van der Waals surface area contributed by atoms with Crippen LogP contribution in [-0.4, -0.2) is 72.7 Å². The highest BCUT2D eigenvalue weighted by Crippen LogP contribution is 2.43. The Kier molecular flexibility index (Phi) is 5.93. The molecule has 204 valence electrons. The number of halogens is 2. The summed E-state index contributed by atoms with van der Waals surface area (Å²) in [6.07, 6.45) is 2.55. The molecule has 2 aliphatic rings. The highest BCUT2D eigenvalue weighted by atomic mass is 19.1. The number of aromatic nitrogens is 5. The van der Waals surface area contributed by atoms with E-state index in [1.165, 1.54) is 24.5 Å². The first-order valence-electron chi connectivity index (χ1n) is 12.4. The number of phenols is 1. The average molecular weight is 548 g/mol. The van der Waals surface area contributed by atoms with Crippen molar-refractivity contribution in [2.45, 2.75) is 19.9 Å². The molecule has 0 spiro atoms. The number of benzene rings is 1. The first-order chi connectivity index (χ1) is 19.2. The molecule has 1 fully saturated rings. The lowest BCUT2D eigenvalue weighted by molar-refractivity contribution is -0.126. The molecule has 1 aromatic carbocycles. The SMILES string of the molecule is C=CC(=O)N1CCN2c3nc(=O)n(-c4c(C)ncnc4C)c4nc(-c5c(O)cccc5F)c(F)c(c34)OC[C@H]2C1. The van der Waals surface area contributed by atoms with Gasteiger partial charge in [0.1, 0.15) is 41.4 Å². The van der Waals surface area contributed by atoms with E-state index in [0.717, 1.165) is 10.6 Å². The largest absolute Gasteiger partial charge is 0.507 e.